The molecule has 240 valence electrons. The highest BCUT2D eigenvalue weighted by molar-refractivity contribution is 7.99. The van der Waals surface area contributed by atoms with Gasteiger partial charge in [0.2, 0.25) is 0 Å². The van der Waals surface area contributed by atoms with Gasteiger partial charge in [-0.05, 0) is 135 Å². The smallest absolute Gasteiger partial charge is 0.453 e. The van der Waals surface area contributed by atoms with Crippen LogP contribution < -0.4 is 0 Å². The molecule has 2 spiro atoms. The second kappa shape index (κ2) is 11.4. The second-order valence-corrected chi connectivity index (χ2v) is 15.3. The van der Waals surface area contributed by atoms with E-state index in [9.17, 15) is 31.9 Å². The highest BCUT2D eigenvalue weighted by Gasteiger charge is 2.96. The molecule has 3 nitrogen and oxygen atoms in total. The van der Waals surface area contributed by atoms with Gasteiger partial charge < -0.3 is 10.0 Å². The maximum Gasteiger partial charge on any atom is 0.453 e. The number of unbranched alkanes of at least 4 members (excludes halogenated alkanes) is 2. The van der Waals surface area contributed by atoms with Crippen LogP contribution in [-0.2, 0) is 4.79 Å². The zero-order valence-corrected chi connectivity index (χ0v) is 25.6. The van der Waals surface area contributed by atoms with Crippen LogP contribution in [0.15, 0.2) is 18.2 Å². The minimum atomic E-state index is -5.47. The third kappa shape index (κ3) is 5.22. The van der Waals surface area contributed by atoms with E-state index in [1.807, 2.05) is 13.1 Å². The number of halogens is 6. The molecule has 1 aromatic carbocycles. The second-order valence-electron chi connectivity index (χ2n) is 14.0. The number of Topliss-reactive ketones (excluding diaryl/α,β-unsaturated/α-hetero) is 1. The van der Waals surface area contributed by atoms with Crippen LogP contribution in [0.25, 0.3) is 0 Å². The minimum absolute atomic E-state index is 0.0425. The summed E-state index contributed by atoms with van der Waals surface area (Å²) >= 11 is 1.41. The molecule has 1 aromatic rings. The molecule has 0 bridgehead atoms. The highest BCUT2D eigenvalue weighted by Crippen LogP contribution is 2.97. The van der Waals surface area contributed by atoms with Crippen molar-refractivity contribution in [3.05, 3.63) is 29.3 Å². The van der Waals surface area contributed by atoms with Crippen LogP contribution in [0.4, 0.5) is 26.3 Å². The van der Waals surface area contributed by atoms with Gasteiger partial charge >= 0.3 is 12.1 Å². The molecule has 0 heterocycles. The first-order valence-electron chi connectivity index (χ1n) is 16.1. The normalized spacial score (nSPS) is 35.7. The molecule has 0 aromatic heterocycles. The van der Waals surface area contributed by atoms with Crippen LogP contribution in [-0.4, -0.2) is 59.5 Å². The summed E-state index contributed by atoms with van der Waals surface area (Å²) in [7, 11) is 2.02. The van der Waals surface area contributed by atoms with E-state index < -0.39 is 24.7 Å². The Kier molecular flexibility index (Phi) is 8.39. The van der Waals surface area contributed by atoms with Gasteiger partial charge in [0.15, 0.2) is 0 Å². The molecule has 0 radical (unpaired) electrons. The number of fused-ring (bicyclic) bond motifs is 4. The molecule has 6 rings (SSSR count). The molecule has 1 N–H and O–H groups in total. The lowest BCUT2D eigenvalue weighted by atomic mass is 9.52. The number of carbonyl (C=O) groups excluding carboxylic acids is 1. The Balaban J connectivity index is 0.945. The fraction of sp³-hybridized carbons (Fsp3) is 0.788. The summed E-state index contributed by atoms with van der Waals surface area (Å²) in [4.78, 5) is 15.3. The summed E-state index contributed by atoms with van der Waals surface area (Å²) in [6.07, 6.45) is 0.323. The summed E-state index contributed by atoms with van der Waals surface area (Å²) in [5.74, 6) is -1.88. The zero-order chi connectivity index (χ0) is 30.8. The molecule has 0 saturated heterocycles. The van der Waals surface area contributed by atoms with Gasteiger partial charge in [-0.2, -0.15) is 33.7 Å². The first kappa shape index (κ1) is 31.6. The van der Waals surface area contributed by atoms with E-state index in [0.717, 1.165) is 70.0 Å². The topological polar surface area (TPSA) is 40.5 Å². The lowest BCUT2D eigenvalue weighted by Crippen LogP contribution is -2.44. The van der Waals surface area contributed by atoms with E-state index in [1.165, 1.54) is 11.8 Å². The van der Waals surface area contributed by atoms with E-state index in [4.69, 9.17) is 0 Å². The maximum absolute atomic E-state index is 16.3. The van der Waals surface area contributed by atoms with Crippen LogP contribution in [0.5, 0.6) is 5.75 Å². The summed E-state index contributed by atoms with van der Waals surface area (Å²) in [6, 6.07) is 5.22. The van der Waals surface area contributed by atoms with Gasteiger partial charge in [0.25, 0.3) is 0 Å². The summed E-state index contributed by atoms with van der Waals surface area (Å²) in [6.45, 7) is 1.71. The van der Waals surface area contributed by atoms with Crippen molar-refractivity contribution >= 4 is 17.5 Å². The van der Waals surface area contributed by atoms with E-state index >= 15 is 4.39 Å². The maximum atomic E-state index is 16.3. The number of hydrogen-bond donors (Lipinski definition) is 1. The Hall–Kier alpha value is -1.42. The van der Waals surface area contributed by atoms with Crippen molar-refractivity contribution in [1.82, 2.24) is 4.90 Å². The van der Waals surface area contributed by atoms with Crippen molar-refractivity contribution in [2.24, 2.45) is 34.5 Å². The summed E-state index contributed by atoms with van der Waals surface area (Å²) in [5, 5.41) is 10.1. The fourth-order valence-corrected chi connectivity index (χ4v) is 10.7. The number of alkyl halides is 6. The third-order valence-corrected chi connectivity index (χ3v) is 13.1. The Labute approximate surface area is 254 Å². The Bertz CT molecular complexity index is 1210. The Morgan fingerprint density at radius 1 is 1.02 bits per heavy atom. The van der Waals surface area contributed by atoms with E-state index in [1.54, 1.807) is 12.1 Å². The van der Waals surface area contributed by atoms with Crippen molar-refractivity contribution in [1.29, 1.82) is 0 Å². The number of nitrogens with zero attached hydrogens (tertiary/aromatic N) is 1. The average Bonchev–Trinajstić information content (AvgIpc) is 3.81. The van der Waals surface area contributed by atoms with Gasteiger partial charge in [0, 0.05) is 18.3 Å². The SMILES string of the molecule is CN(CCCCCC1C(F)c2cc(O)ccc2C2CCC34C(CC(=O)C35CC54)C21)CCCSCCCC(F)(F)C(F)(F)F. The number of aromatic hydroxyl groups is 1. The number of rotatable bonds is 14. The zero-order valence-electron chi connectivity index (χ0n) is 24.8. The van der Waals surface area contributed by atoms with Gasteiger partial charge in [0.05, 0.1) is 0 Å². The third-order valence-electron chi connectivity index (χ3n) is 11.9. The molecular weight excluding hydrogens is 588 g/mol. The van der Waals surface area contributed by atoms with Gasteiger partial charge in [-0.25, -0.2) is 4.39 Å². The molecular formula is C33H43F6NO2S. The minimum Gasteiger partial charge on any atom is -0.508 e. The molecule has 0 aliphatic heterocycles. The monoisotopic (exact) mass is 631 g/mol. The number of hydrogen-bond acceptors (Lipinski definition) is 4. The van der Waals surface area contributed by atoms with Gasteiger partial charge in [-0.1, -0.05) is 18.9 Å². The molecule has 8 unspecified atom stereocenters. The molecule has 4 fully saturated rings. The molecule has 43 heavy (non-hydrogen) atoms. The van der Waals surface area contributed by atoms with Gasteiger partial charge in [-0.3, -0.25) is 4.79 Å². The fourth-order valence-electron chi connectivity index (χ4n) is 9.86. The molecule has 8 atom stereocenters. The van der Waals surface area contributed by atoms with E-state index in [-0.39, 0.29) is 46.5 Å². The Morgan fingerprint density at radius 3 is 2.49 bits per heavy atom. The van der Waals surface area contributed by atoms with Crippen molar-refractivity contribution < 1.29 is 36.2 Å². The lowest BCUT2D eigenvalue weighted by Gasteiger charge is -2.52. The van der Waals surface area contributed by atoms with Crippen LogP contribution >= 0.6 is 11.8 Å². The largest absolute Gasteiger partial charge is 0.508 e. The number of phenols is 1. The van der Waals surface area contributed by atoms with Crippen molar-refractivity contribution in [3.8, 4) is 5.75 Å². The number of carbonyl (C=O) groups is 1. The standard InChI is InChI=1S/C33H43F6NO2S/c1-40(14-6-16-43-15-5-11-32(35,36)33(37,38)39)13-4-2-3-7-23-28-22(21-9-8-20(41)17-24(21)29(23)34)10-12-30-25(28)18-27(42)31(30)19-26(30)31/h8-9,17,22-23,25-26,28-29,41H,2-7,10-16,18-19H2,1H3. The molecule has 10 heteroatoms. The predicted octanol–water partition coefficient (Wildman–Crippen LogP) is 8.71. The van der Waals surface area contributed by atoms with Crippen molar-refractivity contribution in [2.45, 2.75) is 94.8 Å². The molecule has 5 aliphatic rings. The van der Waals surface area contributed by atoms with Crippen LogP contribution in [0.2, 0.25) is 0 Å². The Morgan fingerprint density at radius 2 is 1.77 bits per heavy atom. The van der Waals surface area contributed by atoms with Gasteiger partial charge in [-0.15, -0.1) is 0 Å². The van der Waals surface area contributed by atoms with Crippen LogP contribution in [0.3, 0.4) is 0 Å². The van der Waals surface area contributed by atoms with E-state index in [2.05, 4.69) is 4.90 Å². The summed E-state index contributed by atoms with van der Waals surface area (Å²) < 4.78 is 79.0. The van der Waals surface area contributed by atoms with Crippen LogP contribution in [0, 0.1) is 34.5 Å². The number of phenolic OH excluding ortho intramolecular Hbond substituents is 1. The number of ketones is 1. The average molecular weight is 632 g/mol. The summed E-state index contributed by atoms with van der Waals surface area (Å²) in [5.41, 5.74) is 1.81. The first-order chi connectivity index (χ1) is 20.3. The lowest BCUT2D eigenvalue weighted by molar-refractivity contribution is -0.284. The molecule has 5 aliphatic carbocycles. The quantitative estimate of drug-likeness (QED) is 0.165. The van der Waals surface area contributed by atoms with Gasteiger partial charge in [0.1, 0.15) is 17.7 Å². The first-order valence-corrected chi connectivity index (χ1v) is 17.2. The van der Waals surface area contributed by atoms with Crippen molar-refractivity contribution in [2.75, 3.05) is 31.6 Å². The number of thioether (sulfide) groups is 1. The van der Waals surface area contributed by atoms with Crippen molar-refractivity contribution in [3.63, 3.8) is 0 Å². The van der Waals surface area contributed by atoms with Crippen LogP contribution in [0.1, 0.15) is 93.8 Å². The highest BCUT2D eigenvalue weighted by atomic mass is 32.2. The number of benzene rings is 1. The van der Waals surface area contributed by atoms with E-state index in [0.29, 0.717) is 35.4 Å². The molecule has 4 saturated carbocycles. The molecule has 0 amide bonds. The predicted molar refractivity (Wildman–Crippen MR) is 155 cm³/mol.